The third-order valence-electron chi connectivity index (χ3n) is 2.60. The number of hydrogen-bond acceptors (Lipinski definition) is 4. The summed E-state index contributed by atoms with van der Waals surface area (Å²) in [7, 11) is -1.07. The first-order valence-electron chi connectivity index (χ1n) is 5.12. The number of hydrogen-bond donors (Lipinski definition) is 1. The van der Waals surface area contributed by atoms with E-state index in [1.54, 1.807) is 7.05 Å². The number of sulfone groups is 1. The van der Waals surface area contributed by atoms with Crippen LogP contribution in [0.15, 0.2) is 0 Å². The smallest absolute Gasteiger partial charge is 0.234 e. The summed E-state index contributed by atoms with van der Waals surface area (Å²) in [5, 5.41) is 2.69. The highest BCUT2D eigenvalue weighted by Crippen LogP contribution is 2.15. The molecule has 1 atom stereocenters. The molecule has 0 aromatic rings. The van der Waals surface area contributed by atoms with E-state index in [0.717, 1.165) is 0 Å². The topological polar surface area (TPSA) is 66.5 Å². The van der Waals surface area contributed by atoms with Crippen LogP contribution in [0.3, 0.4) is 0 Å². The van der Waals surface area contributed by atoms with E-state index in [4.69, 9.17) is 0 Å². The van der Waals surface area contributed by atoms with Crippen LogP contribution in [0.25, 0.3) is 0 Å². The normalized spacial score (nSPS) is 24.3. The van der Waals surface area contributed by atoms with Gasteiger partial charge in [0.2, 0.25) is 5.91 Å². The van der Waals surface area contributed by atoms with Gasteiger partial charge in [0.25, 0.3) is 0 Å². The van der Waals surface area contributed by atoms with Crippen molar-refractivity contribution in [3.05, 3.63) is 0 Å². The fourth-order valence-electron chi connectivity index (χ4n) is 1.73. The standard InChI is InChI=1S/C9H18N2O3S/c1-3-10-9(12)6-11(2)8-4-5-15(13,14)7-8/h8H,3-7H2,1-2H3,(H,10,12). The molecule has 0 bridgehead atoms. The lowest BCUT2D eigenvalue weighted by Gasteiger charge is -2.21. The van der Waals surface area contributed by atoms with Gasteiger partial charge in [-0.3, -0.25) is 9.69 Å². The van der Waals surface area contributed by atoms with Crippen LogP contribution < -0.4 is 5.32 Å². The number of rotatable bonds is 4. The summed E-state index contributed by atoms with van der Waals surface area (Å²) in [6, 6.07) is -0.00222. The maximum absolute atomic E-state index is 11.3. The molecule has 0 saturated carbocycles. The molecule has 1 heterocycles. The van der Waals surface area contributed by atoms with Gasteiger partial charge in [0.15, 0.2) is 9.84 Å². The second kappa shape index (κ2) is 4.94. The van der Waals surface area contributed by atoms with Crippen molar-refractivity contribution in [3.8, 4) is 0 Å². The van der Waals surface area contributed by atoms with Crippen LogP contribution >= 0.6 is 0 Å². The monoisotopic (exact) mass is 234 g/mol. The maximum Gasteiger partial charge on any atom is 0.234 e. The average molecular weight is 234 g/mol. The summed E-state index contributed by atoms with van der Waals surface area (Å²) in [5.74, 6) is 0.379. The van der Waals surface area contributed by atoms with Crippen LogP contribution in [-0.2, 0) is 14.6 Å². The summed E-state index contributed by atoms with van der Waals surface area (Å²) in [4.78, 5) is 13.1. The summed E-state index contributed by atoms with van der Waals surface area (Å²) in [5.41, 5.74) is 0. The molecule has 0 aliphatic carbocycles. The zero-order valence-electron chi connectivity index (χ0n) is 9.19. The minimum absolute atomic E-state index is 0.00222. The molecule has 1 rings (SSSR count). The van der Waals surface area contributed by atoms with Gasteiger partial charge in [-0.1, -0.05) is 0 Å². The van der Waals surface area contributed by atoms with E-state index in [0.29, 0.717) is 13.0 Å². The average Bonchev–Trinajstić information content (AvgIpc) is 2.46. The van der Waals surface area contributed by atoms with E-state index in [9.17, 15) is 13.2 Å². The molecule has 0 aromatic heterocycles. The quantitative estimate of drug-likeness (QED) is 0.694. The van der Waals surface area contributed by atoms with Gasteiger partial charge in [0.05, 0.1) is 18.1 Å². The van der Waals surface area contributed by atoms with Gasteiger partial charge < -0.3 is 5.32 Å². The highest BCUT2D eigenvalue weighted by Gasteiger charge is 2.31. The van der Waals surface area contributed by atoms with Crippen molar-refractivity contribution in [2.75, 3.05) is 31.6 Å². The Morgan fingerprint density at radius 1 is 1.53 bits per heavy atom. The lowest BCUT2D eigenvalue weighted by molar-refractivity contribution is -0.122. The molecule has 0 aromatic carbocycles. The molecule has 1 aliphatic rings. The molecular weight excluding hydrogens is 216 g/mol. The predicted octanol–water partition coefficient (Wildman–Crippen LogP) is -0.759. The molecule has 6 heteroatoms. The summed E-state index contributed by atoms with van der Waals surface area (Å²) >= 11 is 0. The van der Waals surface area contributed by atoms with Crippen LogP contribution in [0.1, 0.15) is 13.3 Å². The number of amides is 1. The third kappa shape index (κ3) is 3.79. The Morgan fingerprint density at radius 3 is 2.67 bits per heavy atom. The van der Waals surface area contributed by atoms with Crippen molar-refractivity contribution in [3.63, 3.8) is 0 Å². The number of carbonyl (C=O) groups is 1. The van der Waals surface area contributed by atoms with E-state index < -0.39 is 9.84 Å². The van der Waals surface area contributed by atoms with E-state index in [1.807, 2.05) is 11.8 Å². The predicted molar refractivity (Wildman–Crippen MR) is 58.4 cm³/mol. The fraction of sp³-hybridized carbons (Fsp3) is 0.889. The van der Waals surface area contributed by atoms with E-state index >= 15 is 0 Å². The number of nitrogens with one attached hydrogen (secondary N) is 1. The summed E-state index contributed by atoms with van der Waals surface area (Å²) in [6.45, 7) is 2.74. The van der Waals surface area contributed by atoms with Crippen molar-refractivity contribution in [2.24, 2.45) is 0 Å². The van der Waals surface area contributed by atoms with Gasteiger partial charge in [0.1, 0.15) is 0 Å². The van der Waals surface area contributed by atoms with Crippen molar-refractivity contribution in [1.29, 1.82) is 0 Å². The Balaban J connectivity index is 2.42. The minimum Gasteiger partial charge on any atom is -0.355 e. The Bertz CT molecular complexity index is 326. The van der Waals surface area contributed by atoms with Crippen molar-refractivity contribution in [2.45, 2.75) is 19.4 Å². The second-order valence-corrected chi connectivity index (χ2v) is 6.15. The second-order valence-electron chi connectivity index (χ2n) is 3.93. The molecule has 1 unspecified atom stereocenters. The zero-order valence-corrected chi connectivity index (χ0v) is 10.0. The SMILES string of the molecule is CCNC(=O)CN(C)C1CCS(=O)(=O)C1. The number of nitrogens with zero attached hydrogens (tertiary/aromatic N) is 1. The maximum atomic E-state index is 11.3. The Kier molecular flexibility index (Phi) is 4.10. The third-order valence-corrected chi connectivity index (χ3v) is 4.35. The molecule has 1 amide bonds. The molecule has 0 radical (unpaired) electrons. The molecule has 5 nitrogen and oxygen atoms in total. The molecule has 1 fully saturated rings. The first-order chi connectivity index (χ1) is 6.94. The van der Waals surface area contributed by atoms with Gasteiger partial charge in [-0.05, 0) is 20.4 Å². The molecule has 15 heavy (non-hydrogen) atoms. The van der Waals surface area contributed by atoms with Crippen molar-refractivity contribution >= 4 is 15.7 Å². The highest BCUT2D eigenvalue weighted by molar-refractivity contribution is 7.91. The summed E-state index contributed by atoms with van der Waals surface area (Å²) < 4.78 is 22.5. The Labute approximate surface area is 90.7 Å². The lowest BCUT2D eigenvalue weighted by Crippen LogP contribution is -2.41. The van der Waals surface area contributed by atoms with Crippen LogP contribution in [0, 0.1) is 0 Å². The van der Waals surface area contributed by atoms with Crippen LogP contribution in [0.2, 0.25) is 0 Å². The van der Waals surface area contributed by atoms with E-state index in [-0.39, 0.29) is 30.0 Å². The summed E-state index contributed by atoms with van der Waals surface area (Å²) in [6.07, 6.45) is 0.637. The van der Waals surface area contributed by atoms with Crippen molar-refractivity contribution in [1.82, 2.24) is 10.2 Å². The van der Waals surface area contributed by atoms with Gasteiger partial charge in [-0.2, -0.15) is 0 Å². The van der Waals surface area contributed by atoms with Crippen LogP contribution in [0.5, 0.6) is 0 Å². The van der Waals surface area contributed by atoms with Crippen LogP contribution in [0.4, 0.5) is 0 Å². The zero-order chi connectivity index (χ0) is 11.5. The van der Waals surface area contributed by atoms with Gasteiger partial charge >= 0.3 is 0 Å². The minimum atomic E-state index is -2.86. The number of likely N-dealkylation sites (N-methyl/N-ethyl adjacent to an activating group) is 2. The molecule has 0 spiro atoms. The van der Waals surface area contributed by atoms with Crippen molar-refractivity contribution < 1.29 is 13.2 Å². The molecule has 1 N–H and O–H groups in total. The van der Waals surface area contributed by atoms with Gasteiger partial charge in [0, 0.05) is 12.6 Å². The van der Waals surface area contributed by atoms with Crippen LogP contribution in [-0.4, -0.2) is 56.9 Å². The van der Waals surface area contributed by atoms with E-state index in [2.05, 4.69) is 5.32 Å². The molecular formula is C9H18N2O3S. The Hall–Kier alpha value is -0.620. The van der Waals surface area contributed by atoms with Gasteiger partial charge in [-0.25, -0.2) is 8.42 Å². The van der Waals surface area contributed by atoms with E-state index in [1.165, 1.54) is 0 Å². The number of carbonyl (C=O) groups excluding carboxylic acids is 1. The molecule has 1 saturated heterocycles. The fourth-order valence-corrected chi connectivity index (χ4v) is 3.54. The molecule has 1 aliphatic heterocycles. The first-order valence-corrected chi connectivity index (χ1v) is 6.94. The largest absolute Gasteiger partial charge is 0.355 e. The molecule has 88 valence electrons. The lowest BCUT2D eigenvalue weighted by atomic mass is 10.2. The van der Waals surface area contributed by atoms with Gasteiger partial charge in [-0.15, -0.1) is 0 Å². The first kappa shape index (κ1) is 12.4. The Morgan fingerprint density at radius 2 is 2.20 bits per heavy atom. The highest BCUT2D eigenvalue weighted by atomic mass is 32.2.